The van der Waals surface area contributed by atoms with E-state index < -0.39 is 10.8 Å². The van der Waals surface area contributed by atoms with E-state index in [1.165, 1.54) is 0 Å². The molecule has 24 heavy (non-hydrogen) atoms. The van der Waals surface area contributed by atoms with Crippen molar-refractivity contribution in [1.29, 1.82) is 0 Å². The second-order valence-electron chi connectivity index (χ2n) is 5.54. The summed E-state index contributed by atoms with van der Waals surface area (Å²) in [6, 6.07) is 16.7. The summed E-state index contributed by atoms with van der Waals surface area (Å²) in [6.07, 6.45) is -0.244. The number of ketones is 2. The number of benzene rings is 2. The second kappa shape index (κ2) is 9.25. The molecule has 0 spiro atoms. The van der Waals surface area contributed by atoms with Gasteiger partial charge in [-0.3, -0.25) is 13.8 Å². The fourth-order valence-corrected chi connectivity index (χ4v) is 3.10. The maximum atomic E-state index is 12.1. The van der Waals surface area contributed by atoms with Crippen LogP contribution in [0.1, 0.15) is 17.5 Å². The summed E-state index contributed by atoms with van der Waals surface area (Å²) in [5.74, 6) is -0.771. The molecule has 2 aromatic carbocycles. The van der Waals surface area contributed by atoms with Crippen LogP contribution >= 0.6 is 0 Å². The van der Waals surface area contributed by atoms with Crippen LogP contribution in [-0.4, -0.2) is 28.1 Å². The number of hydrogen-bond donors (Lipinski definition) is 0. The molecule has 0 aliphatic carbocycles. The van der Waals surface area contributed by atoms with E-state index >= 15 is 0 Å². The molecule has 2 aromatic rings. The van der Waals surface area contributed by atoms with Gasteiger partial charge in [0.1, 0.15) is 6.61 Å². The molecule has 126 valence electrons. The van der Waals surface area contributed by atoms with Gasteiger partial charge in [-0.25, -0.2) is 0 Å². The first-order valence-corrected chi connectivity index (χ1v) is 8.96. The third-order valence-electron chi connectivity index (χ3n) is 3.34. The van der Waals surface area contributed by atoms with Crippen molar-refractivity contribution in [2.75, 3.05) is 12.4 Å². The Morgan fingerprint density at radius 2 is 1.62 bits per heavy atom. The second-order valence-corrected chi connectivity index (χ2v) is 6.99. The summed E-state index contributed by atoms with van der Waals surface area (Å²) < 4.78 is 17.4. The van der Waals surface area contributed by atoms with Crippen LogP contribution in [0.5, 0.6) is 0 Å². The van der Waals surface area contributed by atoms with E-state index in [1.54, 1.807) is 12.1 Å². The van der Waals surface area contributed by atoms with Gasteiger partial charge >= 0.3 is 0 Å². The fraction of sp³-hybridized carbons (Fsp3) is 0.263. The topological polar surface area (TPSA) is 60.4 Å². The van der Waals surface area contributed by atoms with Gasteiger partial charge < -0.3 is 4.74 Å². The predicted molar refractivity (Wildman–Crippen MR) is 93.2 cm³/mol. The molecular formula is C19H20O4S. The van der Waals surface area contributed by atoms with Crippen molar-refractivity contribution in [3.63, 3.8) is 0 Å². The van der Waals surface area contributed by atoms with Gasteiger partial charge in [0.2, 0.25) is 0 Å². The Bertz CT molecular complexity index is 708. The molecule has 0 saturated carbocycles. The molecule has 0 N–H and O–H groups in total. The zero-order valence-electron chi connectivity index (χ0n) is 13.6. The number of hydrogen-bond acceptors (Lipinski definition) is 4. The van der Waals surface area contributed by atoms with Crippen LogP contribution in [0.3, 0.4) is 0 Å². The molecule has 0 saturated heterocycles. The Morgan fingerprint density at radius 3 is 2.29 bits per heavy atom. The van der Waals surface area contributed by atoms with Crippen LogP contribution in [0.15, 0.2) is 59.5 Å². The lowest BCUT2D eigenvalue weighted by atomic mass is 10.2. The first-order valence-electron chi connectivity index (χ1n) is 7.64. The number of ether oxygens (including phenoxy) is 1. The van der Waals surface area contributed by atoms with E-state index in [0.29, 0.717) is 11.5 Å². The van der Waals surface area contributed by atoms with Crippen LogP contribution < -0.4 is 0 Å². The monoisotopic (exact) mass is 344 g/mol. The maximum absolute atomic E-state index is 12.1. The van der Waals surface area contributed by atoms with Gasteiger partial charge in [0.25, 0.3) is 0 Å². The summed E-state index contributed by atoms with van der Waals surface area (Å²) in [5.41, 5.74) is 2.03. The molecule has 1 unspecified atom stereocenters. The predicted octanol–water partition coefficient (Wildman–Crippen LogP) is 2.85. The van der Waals surface area contributed by atoms with Gasteiger partial charge in [0.05, 0.1) is 29.6 Å². The van der Waals surface area contributed by atoms with Gasteiger partial charge in [-0.05, 0) is 24.6 Å². The van der Waals surface area contributed by atoms with Crippen LogP contribution in [0.2, 0.25) is 0 Å². The van der Waals surface area contributed by atoms with Crippen molar-refractivity contribution in [3.05, 3.63) is 65.7 Å². The van der Waals surface area contributed by atoms with E-state index in [4.69, 9.17) is 4.74 Å². The first kappa shape index (κ1) is 18.2. The minimum atomic E-state index is -1.42. The molecule has 2 rings (SSSR count). The molecule has 0 aromatic heterocycles. The van der Waals surface area contributed by atoms with Crippen LogP contribution in [0.4, 0.5) is 0 Å². The van der Waals surface area contributed by atoms with Gasteiger partial charge in [-0.1, -0.05) is 48.0 Å². The molecule has 0 fully saturated rings. The van der Waals surface area contributed by atoms with Gasteiger partial charge in [0, 0.05) is 4.90 Å². The highest BCUT2D eigenvalue weighted by Gasteiger charge is 2.14. The molecule has 5 heteroatoms. The number of aryl methyl sites for hydroxylation is 1. The Labute approximate surface area is 144 Å². The highest BCUT2D eigenvalue weighted by molar-refractivity contribution is 7.85. The normalized spacial score (nSPS) is 11.9. The Kier molecular flexibility index (Phi) is 7.03. The SMILES string of the molecule is Cc1ccc(S(=O)CC(=O)CC(=O)COCc2ccccc2)cc1. The molecule has 0 radical (unpaired) electrons. The molecule has 1 atom stereocenters. The third-order valence-corrected chi connectivity index (χ3v) is 4.73. The minimum absolute atomic E-state index is 0.113. The minimum Gasteiger partial charge on any atom is -0.369 e. The zero-order valence-corrected chi connectivity index (χ0v) is 14.4. The highest BCUT2D eigenvalue weighted by atomic mass is 32.2. The summed E-state index contributed by atoms with van der Waals surface area (Å²) in [4.78, 5) is 24.2. The van der Waals surface area contributed by atoms with Crippen molar-refractivity contribution in [3.8, 4) is 0 Å². The maximum Gasteiger partial charge on any atom is 0.165 e. The fourth-order valence-electron chi connectivity index (χ4n) is 2.10. The standard InChI is InChI=1S/C19H20O4S/c1-15-7-9-19(10-8-15)24(22)14-18(21)11-17(20)13-23-12-16-5-3-2-4-6-16/h2-10H,11-14H2,1H3. The number of rotatable bonds is 9. The zero-order chi connectivity index (χ0) is 17.4. The quantitative estimate of drug-likeness (QED) is 0.656. The molecule has 0 aliphatic heterocycles. The summed E-state index contributed by atoms with van der Waals surface area (Å²) in [5, 5.41) is 0. The van der Waals surface area contributed by atoms with Gasteiger partial charge in [-0.2, -0.15) is 0 Å². The lowest BCUT2D eigenvalue weighted by Gasteiger charge is -2.04. The van der Waals surface area contributed by atoms with Crippen molar-refractivity contribution in [2.45, 2.75) is 24.8 Å². The molecule has 0 aliphatic rings. The average Bonchev–Trinajstić information content (AvgIpc) is 2.56. The van der Waals surface area contributed by atoms with Gasteiger partial charge in [-0.15, -0.1) is 0 Å². The highest BCUT2D eigenvalue weighted by Crippen LogP contribution is 2.09. The van der Waals surface area contributed by atoms with E-state index in [0.717, 1.165) is 11.1 Å². The van der Waals surface area contributed by atoms with E-state index in [-0.39, 0.29) is 30.3 Å². The molecular weight excluding hydrogens is 324 g/mol. The molecule has 0 amide bonds. The number of carbonyl (C=O) groups is 2. The Balaban J connectivity index is 1.72. The van der Waals surface area contributed by atoms with E-state index in [2.05, 4.69) is 0 Å². The summed E-state index contributed by atoms with van der Waals surface area (Å²) in [6.45, 7) is 2.15. The largest absolute Gasteiger partial charge is 0.369 e. The third kappa shape index (κ3) is 6.18. The van der Waals surface area contributed by atoms with Crippen molar-refractivity contribution < 1.29 is 18.5 Å². The Hall–Kier alpha value is -2.11. The number of carbonyl (C=O) groups excluding carboxylic acids is 2. The summed E-state index contributed by atoms with van der Waals surface area (Å²) >= 11 is 0. The van der Waals surface area contributed by atoms with Crippen molar-refractivity contribution >= 4 is 22.4 Å². The average molecular weight is 344 g/mol. The number of Topliss-reactive ketones (excluding diaryl/α,β-unsaturated/α-hetero) is 2. The van der Waals surface area contributed by atoms with E-state index in [1.807, 2.05) is 49.4 Å². The van der Waals surface area contributed by atoms with Crippen LogP contribution in [0, 0.1) is 6.92 Å². The van der Waals surface area contributed by atoms with Crippen molar-refractivity contribution in [1.82, 2.24) is 0 Å². The van der Waals surface area contributed by atoms with E-state index in [9.17, 15) is 13.8 Å². The first-order chi connectivity index (χ1) is 11.5. The smallest absolute Gasteiger partial charge is 0.165 e. The molecule has 0 heterocycles. The van der Waals surface area contributed by atoms with Crippen molar-refractivity contribution in [2.24, 2.45) is 0 Å². The van der Waals surface area contributed by atoms with Crippen LogP contribution in [0.25, 0.3) is 0 Å². The van der Waals surface area contributed by atoms with Gasteiger partial charge in [0.15, 0.2) is 11.6 Å². The molecule has 0 bridgehead atoms. The molecule has 4 nitrogen and oxygen atoms in total. The lowest BCUT2D eigenvalue weighted by Crippen LogP contribution is -2.18. The van der Waals surface area contributed by atoms with Crippen LogP contribution in [-0.2, 0) is 31.7 Å². The summed E-state index contributed by atoms with van der Waals surface area (Å²) in [7, 11) is -1.42. The lowest BCUT2D eigenvalue weighted by molar-refractivity contribution is -0.129. The Morgan fingerprint density at radius 1 is 0.958 bits per heavy atom.